The average molecular weight is 468 g/mol. The van der Waals surface area contributed by atoms with Crippen LogP contribution in [0.25, 0.3) is 11.2 Å². The number of anilines is 2. The minimum Gasteiger partial charge on any atom is -0.340 e. The van der Waals surface area contributed by atoms with Crippen LogP contribution in [0.2, 0.25) is 5.02 Å². The number of amidine groups is 1. The molecule has 2 aliphatic rings. The number of rotatable bonds is 3. The van der Waals surface area contributed by atoms with Crippen molar-refractivity contribution in [3.05, 3.63) is 58.4 Å². The number of aliphatic imine (C=N–C) groups is 1. The van der Waals surface area contributed by atoms with E-state index in [0.717, 1.165) is 45.1 Å². The van der Waals surface area contributed by atoms with Crippen molar-refractivity contribution in [3.63, 3.8) is 0 Å². The summed E-state index contributed by atoms with van der Waals surface area (Å²) < 4.78 is 0. The van der Waals surface area contributed by atoms with Gasteiger partial charge in [0.2, 0.25) is 0 Å². The van der Waals surface area contributed by atoms with Gasteiger partial charge in [0.25, 0.3) is 0 Å². The fraction of sp³-hybridized carbons (Fsp3) is 0.238. The Morgan fingerprint density at radius 2 is 2.10 bits per heavy atom. The molecule has 31 heavy (non-hydrogen) atoms. The number of thiophene rings is 1. The third-order valence-corrected chi connectivity index (χ3v) is 7.96. The first-order valence-corrected chi connectivity index (χ1v) is 12.2. The maximum absolute atomic E-state index is 6.55. The molecule has 1 atom stereocenters. The number of nitrogens with one attached hydrogen (secondary N) is 1. The monoisotopic (exact) mass is 467 g/mol. The minimum absolute atomic E-state index is 0.0703. The van der Waals surface area contributed by atoms with Crippen molar-refractivity contribution < 1.29 is 0 Å². The highest BCUT2D eigenvalue weighted by Gasteiger charge is 2.37. The number of benzene rings is 1. The Morgan fingerprint density at radius 3 is 2.97 bits per heavy atom. The number of H-pyrrole nitrogens is 1. The fourth-order valence-electron chi connectivity index (χ4n) is 4.08. The molecule has 5 heterocycles. The van der Waals surface area contributed by atoms with Crippen molar-refractivity contribution in [1.82, 2.24) is 19.9 Å². The molecule has 156 valence electrons. The summed E-state index contributed by atoms with van der Waals surface area (Å²) in [5.74, 6) is 3.64. The normalized spacial score (nSPS) is 18.5. The third-order valence-electron chi connectivity index (χ3n) is 5.57. The van der Waals surface area contributed by atoms with Crippen molar-refractivity contribution in [2.75, 3.05) is 21.4 Å². The largest absolute Gasteiger partial charge is 0.340 e. The van der Waals surface area contributed by atoms with E-state index in [2.05, 4.69) is 48.8 Å². The van der Waals surface area contributed by atoms with E-state index in [1.807, 2.05) is 30.0 Å². The molecular weight excluding hydrogens is 450 g/mol. The molecule has 4 aromatic rings. The van der Waals surface area contributed by atoms with E-state index >= 15 is 0 Å². The second kappa shape index (κ2) is 7.51. The van der Waals surface area contributed by atoms with Gasteiger partial charge in [0, 0.05) is 21.2 Å². The SMILES string of the molecule is Cc1ccc(N2Cc3c(Cl)cccc3N=C2[C@@H]2CSCN2c2ncnc3nc[nH]c23)s1. The number of hydrogen-bond donors (Lipinski definition) is 1. The molecule has 3 aromatic heterocycles. The van der Waals surface area contributed by atoms with Gasteiger partial charge in [0.15, 0.2) is 11.5 Å². The molecule has 0 saturated carbocycles. The molecule has 1 saturated heterocycles. The molecule has 0 spiro atoms. The number of nitrogens with zero attached hydrogens (tertiary/aromatic N) is 6. The summed E-state index contributed by atoms with van der Waals surface area (Å²) in [6, 6.07) is 10.3. The second-order valence-corrected chi connectivity index (χ2v) is 10.1. The number of aromatic nitrogens is 4. The van der Waals surface area contributed by atoms with E-state index in [-0.39, 0.29) is 6.04 Å². The first-order valence-electron chi connectivity index (χ1n) is 9.87. The van der Waals surface area contributed by atoms with Crippen LogP contribution in [0.15, 0.2) is 48.0 Å². The number of aromatic amines is 1. The lowest BCUT2D eigenvalue weighted by molar-refractivity contribution is 0.827. The standard InChI is InChI=1S/C21H18ClN7S2/c1-12-5-6-17(31-12)28-7-13-14(22)3-2-4-15(13)27-20(28)16-8-30-11-29(16)21-18-19(24-9-23-18)25-10-26-21/h2-6,9-10,16H,7-8,11H2,1H3,(H,23,24,25,26)/t16-/m0/s1. The van der Waals surface area contributed by atoms with Crippen LogP contribution in [0.3, 0.4) is 0 Å². The molecule has 0 amide bonds. The van der Waals surface area contributed by atoms with Crippen LogP contribution in [0.1, 0.15) is 10.4 Å². The van der Waals surface area contributed by atoms with Crippen LogP contribution in [-0.2, 0) is 6.54 Å². The number of halogens is 1. The molecule has 0 aliphatic carbocycles. The van der Waals surface area contributed by atoms with Crippen molar-refractivity contribution >= 4 is 68.2 Å². The lowest BCUT2D eigenvalue weighted by atomic mass is 10.1. The third kappa shape index (κ3) is 3.19. The van der Waals surface area contributed by atoms with Crippen molar-refractivity contribution in [2.45, 2.75) is 19.5 Å². The molecule has 7 nitrogen and oxygen atoms in total. The molecule has 1 aromatic carbocycles. The molecule has 10 heteroatoms. The Labute approximate surface area is 192 Å². The summed E-state index contributed by atoms with van der Waals surface area (Å²) in [6.45, 7) is 2.83. The highest BCUT2D eigenvalue weighted by Crippen LogP contribution is 2.40. The maximum Gasteiger partial charge on any atom is 0.182 e. The van der Waals surface area contributed by atoms with Crippen molar-refractivity contribution in [1.29, 1.82) is 0 Å². The zero-order chi connectivity index (χ0) is 20.9. The van der Waals surface area contributed by atoms with Gasteiger partial charge in [0.05, 0.1) is 35.5 Å². The van der Waals surface area contributed by atoms with E-state index in [4.69, 9.17) is 16.6 Å². The highest BCUT2D eigenvalue weighted by molar-refractivity contribution is 7.99. The van der Waals surface area contributed by atoms with Gasteiger partial charge in [-0.15, -0.1) is 23.1 Å². The lowest BCUT2D eigenvalue weighted by Gasteiger charge is -2.36. The minimum atomic E-state index is 0.0703. The highest BCUT2D eigenvalue weighted by atomic mass is 35.5. The summed E-state index contributed by atoms with van der Waals surface area (Å²) in [4.78, 5) is 27.4. The molecule has 2 aliphatic heterocycles. The Morgan fingerprint density at radius 1 is 1.16 bits per heavy atom. The van der Waals surface area contributed by atoms with Gasteiger partial charge in [-0.3, -0.25) is 0 Å². The van der Waals surface area contributed by atoms with E-state index in [1.165, 1.54) is 9.88 Å². The lowest BCUT2D eigenvalue weighted by Crippen LogP contribution is -2.48. The first-order chi connectivity index (χ1) is 15.2. The van der Waals surface area contributed by atoms with E-state index in [9.17, 15) is 0 Å². The molecule has 1 fully saturated rings. The molecule has 1 N–H and O–H groups in total. The van der Waals surface area contributed by atoms with Crippen LogP contribution in [0.4, 0.5) is 16.5 Å². The van der Waals surface area contributed by atoms with Gasteiger partial charge < -0.3 is 14.8 Å². The molecule has 0 radical (unpaired) electrons. The Bertz CT molecular complexity index is 1310. The van der Waals surface area contributed by atoms with Crippen LogP contribution in [0.5, 0.6) is 0 Å². The molecular formula is C21H18ClN7S2. The first kappa shape index (κ1) is 19.1. The summed E-state index contributed by atoms with van der Waals surface area (Å²) in [5, 5.41) is 1.93. The van der Waals surface area contributed by atoms with Gasteiger partial charge in [0.1, 0.15) is 17.7 Å². The average Bonchev–Trinajstić information content (AvgIpc) is 3.53. The van der Waals surface area contributed by atoms with Crippen LogP contribution in [0, 0.1) is 6.92 Å². The zero-order valence-electron chi connectivity index (χ0n) is 16.6. The molecule has 0 bridgehead atoms. The zero-order valence-corrected chi connectivity index (χ0v) is 19.0. The van der Waals surface area contributed by atoms with Gasteiger partial charge in [-0.05, 0) is 31.2 Å². The second-order valence-electron chi connectivity index (χ2n) is 7.46. The number of fused-ring (bicyclic) bond motifs is 2. The predicted molar refractivity (Wildman–Crippen MR) is 129 cm³/mol. The predicted octanol–water partition coefficient (Wildman–Crippen LogP) is 5.01. The summed E-state index contributed by atoms with van der Waals surface area (Å²) in [6.07, 6.45) is 3.24. The van der Waals surface area contributed by atoms with Gasteiger partial charge in [-0.1, -0.05) is 17.7 Å². The van der Waals surface area contributed by atoms with Crippen LogP contribution < -0.4 is 9.80 Å². The number of thioether (sulfide) groups is 1. The Balaban J connectivity index is 1.48. The van der Waals surface area contributed by atoms with Crippen LogP contribution >= 0.6 is 34.7 Å². The Kier molecular flexibility index (Phi) is 4.62. The van der Waals surface area contributed by atoms with Gasteiger partial charge in [-0.2, -0.15) is 0 Å². The van der Waals surface area contributed by atoms with Crippen molar-refractivity contribution in [3.8, 4) is 0 Å². The molecule has 6 rings (SSSR count). The van der Waals surface area contributed by atoms with Crippen LogP contribution in [-0.4, -0.2) is 43.4 Å². The van der Waals surface area contributed by atoms with Crippen molar-refractivity contribution in [2.24, 2.45) is 4.99 Å². The summed E-state index contributed by atoms with van der Waals surface area (Å²) in [7, 11) is 0. The molecule has 0 unspecified atom stereocenters. The topological polar surface area (TPSA) is 73.3 Å². The van der Waals surface area contributed by atoms with E-state index < -0.39 is 0 Å². The number of hydrogen-bond acceptors (Lipinski definition) is 8. The smallest absolute Gasteiger partial charge is 0.182 e. The number of aryl methyl sites for hydroxylation is 1. The van der Waals surface area contributed by atoms with E-state index in [1.54, 1.807) is 24.0 Å². The van der Waals surface area contributed by atoms with E-state index in [0.29, 0.717) is 12.2 Å². The summed E-state index contributed by atoms with van der Waals surface area (Å²) in [5.41, 5.74) is 3.54. The maximum atomic E-state index is 6.55. The Hall–Kier alpha value is -2.62. The quantitative estimate of drug-likeness (QED) is 0.456. The fourth-order valence-corrected chi connectivity index (χ4v) is 6.33. The van der Waals surface area contributed by atoms with Gasteiger partial charge in [-0.25, -0.2) is 19.9 Å². The van der Waals surface area contributed by atoms with Gasteiger partial charge >= 0.3 is 0 Å². The summed E-state index contributed by atoms with van der Waals surface area (Å²) >= 11 is 10.2. The number of imidazole rings is 1.